The summed E-state index contributed by atoms with van der Waals surface area (Å²) in [6.45, 7) is 1.81. The third-order valence-corrected chi connectivity index (χ3v) is 4.04. The number of hydrogen-bond donors (Lipinski definition) is 2. The summed E-state index contributed by atoms with van der Waals surface area (Å²) >= 11 is 3.35. The summed E-state index contributed by atoms with van der Waals surface area (Å²) in [6.07, 6.45) is 3.10. The summed E-state index contributed by atoms with van der Waals surface area (Å²) in [7, 11) is 0. The van der Waals surface area contributed by atoms with Crippen LogP contribution in [-0.4, -0.2) is 23.8 Å². The lowest BCUT2D eigenvalue weighted by atomic mass is 9.88. The largest absolute Gasteiger partial charge is 0.389 e. The molecular formula is C13H17BrFNO. The summed E-state index contributed by atoms with van der Waals surface area (Å²) in [4.78, 5) is 0. The van der Waals surface area contributed by atoms with Crippen molar-refractivity contribution in [2.45, 2.75) is 31.3 Å². The van der Waals surface area contributed by atoms with Crippen molar-refractivity contribution >= 4 is 15.9 Å². The molecule has 17 heavy (non-hydrogen) atoms. The van der Waals surface area contributed by atoms with Gasteiger partial charge in [0.1, 0.15) is 5.82 Å². The molecule has 1 aliphatic rings. The Morgan fingerprint density at radius 2 is 2.18 bits per heavy atom. The predicted molar refractivity (Wildman–Crippen MR) is 69.5 cm³/mol. The van der Waals surface area contributed by atoms with Gasteiger partial charge < -0.3 is 10.4 Å². The molecule has 0 aromatic heterocycles. The van der Waals surface area contributed by atoms with E-state index in [4.69, 9.17) is 0 Å². The summed E-state index contributed by atoms with van der Waals surface area (Å²) in [5.41, 5.74) is 0.305. The normalized spacial score (nSPS) is 25.6. The Hall–Kier alpha value is -0.450. The number of hydrogen-bond acceptors (Lipinski definition) is 2. The predicted octanol–water partition coefficient (Wildman–Crippen LogP) is 2.64. The maximum absolute atomic E-state index is 13.0. The molecule has 0 saturated carbocycles. The first kappa shape index (κ1) is 13.0. The van der Waals surface area contributed by atoms with E-state index in [2.05, 4.69) is 21.2 Å². The van der Waals surface area contributed by atoms with Crippen LogP contribution >= 0.6 is 15.9 Å². The van der Waals surface area contributed by atoms with Crippen molar-refractivity contribution in [1.82, 2.24) is 5.32 Å². The van der Waals surface area contributed by atoms with Gasteiger partial charge >= 0.3 is 0 Å². The van der Waals surface area contributed by atoms with Crippen LogP contribution < -0.4 is 5.32 Å². The Kier molecular flexibility index (Phi) is 4.17. The molecule has 1 fully saturated rings. The first-order valence-electron chi connectivity index (χ1n) is 5.96. The van der Waals surface area contributed by atoms with Gasteiger partial charge in [-0.15, -0.1) is 0 Å². The van der Waals surface area contributed by atoms with Crippen LogP contribution in [0.3, 0.4) is 0 Å². The van der Waals surface area contributed by atoms with Crippen LogP contribution in [0, 0.1) is 5.82 Å². The first-order valence-corrected chi connectivity index (χ1v) is 6.75. The third kappa shape index (κ3) is 3.50. The fraction of sp³-hybridized carbons (Fsp3) is 0.538. The number of aliphatic hydroxyl groups is 1. The Bertz CT molecular complexity index is 389. The van der Waals surface area contributed by atoms with Crippen LogP contribution in [0.25, 0.3) is 0 Å². The minimum atomic E-state index is -0.663. The van der Waals surface area contributed by atoms with E-state index in [1.807, 2.05) is 0 Å². The maximum atomic E-state index is 13.0. The topological polar surface area (TPSA) is 32.3 Å². The van der Waals surface area contributed by atoms with Crippen molar-refractivity contribution in [3.05, 3.63) is 34.1 Å². The van der Waals surface area contributed by atoms with Gasteiger partial charge in [0.25, 0.3) is 0 Å². The molecule has 1 saturated heterocycles. The number of benzene rings is 1. The summed E-state index contributed by atoms with van der Waals surface area (Å²) < 4.78 is 13.7. The van der Waals surface area contributed by atoms with E-state index in [0.29, 0.717) is 6.42 Å². The summed E-state index contributed by atoms with van der Waals surface area (Å²) in [6, 6.07) is 4.64. The van der Waals surface area contributed by atoms with Gasteiger partial charge in [0.15, 0.2) is 0 Å². The van der Waals surface area contributed by atoms with Crippen LogP contribution in [0.2, 0.25) is 0 Å². The highest BCUT2D eigenvalue weighted by Crippen LogP contribution is 2.28. The molecule has 0 amide bonds. The molecule has 2 nitrogen and oxygen atoms in total. The molecular weight excluding hydrogens is 285 g/mol. The molecule has 0 radical (unpaired) electrons. The second-order valence-electron chi connectivity index (χ2n) is 4.74. The van der Waals surface area contributed by atoms with Gasteiger partial charge in [-0.25, -0.2) is 4.39 Å². The van der Waals surface area contributed by atoms with Gasteiger partial charge in [-0.3, -0.25) is 0 Å². The molecule has 0 aliphatic carbocycles. The molecule has 4 heteroatoms. The van der Waals surface area contributed by atoms with E-state index in [1.165, 1.54) is 12.1 Å². The van der Waals surface area contributed by atoms with Gasteiger partial charge in [0, 0.05) is 10.9 Å². The fourth-order valence-corrected chi connectivity index (χ4v) is 2.80. The van der Waals surface area contributed by atoms with Gasteiger partial charge in [-0.2, -0.15) is 0 Å². The molecule has 1 aliphatic heterocycles. The molecule has 0 bridgehead atoms. The average molecular weight is 302 g/mol. The highest BCUT2D eigenvalue weighted by molar-refractivity contribution is 9.10. The first-order chi connectivity index (χ1) is 8.09. The Morgan fingerprint density at radius 1 is 1.35 bits per heavy atom. The van der Waals surface area contributed by atoms with Crippen LogP contribution in [0.5, 0.6) is 0 Å². The van der Waals surface area contributed by atoms with Crippen molar-refractivity contribution in [1.29, 1.82) is 0 Å². The number of rotatable bonds is 2. The van der Waals surface area contributed by atoms with Crippen molar-refractivity contribution < 1.29 is 9.50 Å². The molecule has 0 spiro atoms. The molecule has 1 atom stereocenters. The van der Waals surface area contributed by atoms with E-state index in [-0.39, 0.29) is 5.82 Å². The molecule has 1 aromatic carbocycles. The second-order valence-corrected chi connectivity index (χ2v) is 5.59. The molecule has 1 heterocycles. The summed E-state index contributed by atoms with van der Waals surface area (Å²) in [5, 5.41) is 13.8. The van der Waals surface area contributed by atoms with Gasteiger partial charge in [0.05, 0.1) is 5.60 Å². The van der Waals surface area contributed by atoms with E-state index < -0.39 is 5.60 Å². The average Bonchev–Trinajstić information content (AvgIpc) is 2.48. The van der Waals surface area contributed by atoms with Gasteiger partial charge in [-0.1, -0.05) is 22.0 Å². The van der Waals surface area contributed by atoms with Gasteiger partial charge in [0.2, 0.25) is 0 Å². The molecule has 2 N–H and O–H groups in total. The monoisotopic (exact) mass is 301 g/mol. The second kappa shape index (κ2) is 5.46. The van der Waals surface area contributed by atoms with E-state index >= 15 is 0 Å². The Balaban J connectivity index is 2.12. The molecule has 2 rings (SSSR count). The maximum Gasteiger partial charge on any atom is 0.124 e. The third-order valence-electron chi connectivity index (χ3n) is 3.30. The van der Waals surface area contributed by atoms with E-state index in [9.17, 15) is 9.50 Å². The Morgan fingerprint density at radius 3 is 2.94 bits per heavy atom. The lowest BCUT2D eigenvalue weighted by molar-refractivity contribution is 0.0283. The van der Waals surface area contributed by atoms with Crippen LogP contribution in [0.1, 0.15) is 24.8 Å². The van der Waals surface area contributed by atoms with Crippen LogP contribution in [0.15, 0.2) is 22.7 Å². The number of halogens is 2. The summed E-state index contributed by atoms with van der Waals surface area (Å²) in [5.74, 6) is -0.254. The van der Waals surface area contributed by atoms with Crippen molar-refractivity contribution in [2.24, 2.45) is 0 Å². The quantitative estimate of drug-likeness (QED) is 0.880. The smallest absolute Gasteiger partial charge is 0.124 e. The molecule has 1 aromatic rings. The standard InChI is InChI=1S/C13H17BrFNO/c14-12-8-11(15)3-2-10(12)9-13(17)4-1-6-16-7-5-13/h2-3,8,16-17H,1,4-7,9H2. The van der Waals surface area contributed by atoms with Crippen molar-refractivity contribution in [3.8, 4) is 0 Å². The van der Waals surface area contributed by atoms with Crippen LogP contribution in [-0.2, 0) is 6.42 Å². The lowest BCUT2D eigenvalue weighted by Gasteiger charge is -2.26. The number of nitrogens with one attached hydrogen (secondary N) is 1. The zero-order valence-corrected chi connectivity index (χ0v) is 11.3. The minimum absolute atomic E-state index is 0.254. The molecule has 1 unspecified atom stereocenters. The fourth-order valence-electron chi connectivity index (χ4n) is 2.31. The minimum Gasteiger partial charge on any atom is -0.389 e. The molecule has 94 valence electrons. The van der Waals surface area contributed by atoms with Crippen molar-refractivity contribution in [3.63, 3.8) is 0 Å². The SMILES string of the molecule is OC1(Cc2ccc(F)cc2Br)CCCNCC1. The van der Waals surface area contributed by atoms with Crippen molar-refractivity contribution in [2.75, 3.05) is 13.1 Å². The Labute approximate surface area is 109 Å². The van der Waals surface area contributed by atoms with Gasteiger partial charge in [-0.05, 0) is 50.0 Å². The van der Waals surface area contributed by atoms with Crippen LogP contribution in [0.4, 0.5) is 4.39 Å². The zero-order chi connectivity index (χ0) is 12.3. The highest BCUT2D eigenvalue weighted by atomic mass is 79.9. The lowest BCUT2D eigenvalue weighted by Crippen LogP contribution is -2.32. The highest BCUT2D eigenvalue weighted by Gasteiger charge is 2.28. The van der Waals surface area contributed by atoms with E-state index in [1.54, 1.807) is 6.07 Å². The zero-order valence-electron chi connectivity index (χ0n) is 9.68. The van der Waals surface area contributed by atoms with E-state index in [0.717, 1.165) is 42.4 Å².